The Balaban J connectivity index is 2.41. The average molecular weight is 581 g/mol. The molecule has 1 aromatic rings. The first-order chi connectivity index (χ1) is 19.5. The van der Waals surface area contributed by atoms with Gasteiger partial charge >= 0.3 is 11.9 Å². The maximum absolute atomic E-state index is 10.6. The fraction of sp³-hybridized carbons (Fsp3) is 0.758. The standard InChI is InChI=1S/C33H56O8/c1-32(2,40-24-25-41-33(3,4)28-18-12-11-13-19-28)26-29(39-23-17-10-6-8-15-21-31(36)37)27-38-22-16-9-5-7-14-20-30(34)35/h11-13,18-19,29H,5-10,14-17,20-27H2,1-4H3,(H,34,35)(H,36,37). The zero-order chi connectivity index (χ0) is 30.4. The SMILES string of the molecule is CC(C)(CC(COCCCCCCCC(=O)O)OCCCCCCCC(=O)O)OCCOC(C)(C)c1ccccc1. The largest absolute Gasteiger partial charge is 0.481 e. The normalized spacial score (nSPS) is 12.9. The highest BCUT2D eigenvalue weighted by molar-refractivity contribution is 5.66. The second-order valence-corrected chi connectivity index (χ2v) is 11.9. The van der Waals surface area contributed by atoms with Crippen LogP contribution >= 0.6 is 0 Å². The first kappa shape index (κ1) is 37.0. The molecule has 0 saturated carbocycles. The zero-order valence-corrected chi connectivity index (χ0v) is 26.0. The van der Waals surface area contributed by atoms with Gasteiger partial charge in [0.25, 0.3) is 0 Å². The Hall–Kier alpha value is -2.00. The van der Waals surface area contributed by atoms with Crippen molar-refractivity contribution in [3.8, 4) is 0 Å². The van der Waals surface area contributed by atoms with Crippen LogP contribution in [-0.4, -0.2) is 66.9 Å². The van der Waals surface area contributed by atoms with Crippen LogP contribution in [0.1, 0.15) is 117 Å². The summed E-state index contributed by atoms with van der Waals surface area (Å²) in [5.74, 6) is -1.46. The summed E-state index contributed by atoms with van der Waals surface area (Å²) in [5.41, 5.74) is 0.333. The molecule has 41 heavy (non-hydrogen) atoms. The first-order valence-electron chi connectivity index (χ1n) is 15.5. The van der Waals surface area contributed by atoms with E-state index in [0.717, 1.165) is 69.8 Å². The van der Waals surface area contributed by atoms with E-state index >= 15 is 0 Å². The number of carboxylic acids is 2. The summed E-state index contributed by atoms with van der Waals surface area (Å²) in [6, 6.07) is 10.2. The number of hydrogen-bond acceptors (Lipinski definition) is 6. The van der Waals surface area contributed by atoms with Gasteiger partial charge in [0, 0.05) is 32.5 Å². The summed E-state index contributed by atoms with van der Waals surface area (Å²) >= 11 is 0. The smallest absolute Gasteiger partial charge is 0.303 e. The lowest BCUT2D eigenvalue weighted by Gasteiger charge is -2.31. The molecule has 0 aliphatic rings. The van der Waals surface area contributed by atoms with Gasteiger partial charge in [-0.05, 0) is 58.9 Å². The molecule has 0 saturated heterocycles. The first-order valence-corrected chi connectivity index (χ1v) is 15.5. The summed E-state index contributed by atoms with van der Waals surface area (Å²) in [7, 11) is 0. The van der Waals surface area contributed by atoms with Gasteiger partial charge in [0.05, 0.1) is 37.1 Å². The van der Waals surface area contributed by atoms with Crippen molar-refractivity contribution in [1.29, 1.82) is 0 Å². The van der Waals surface area contributed by atoms with E-state index in [4.69, 9.17) is 29.2 Å². The van der Waals surface area contributed by atoms with Crippen LogP contribution in [0.4, 0.5) is 0 Å². The van der Waals surface area contributed by atoms with Crippen molar-refractivity contribution in [2.75, 3.05) is 33.0 Å². The highest BCUT2D eigenvalue weighted by Gasteiger charge is 2.26. The molecule has 0 aromatic heterocycles. The summed E-state index contributed by atoms with van der Waals surface area (Å²) in [4.78, 5) is 21.3. The highest BCUT2D eigenvalue weighted by Crippen LogP contribution is 2.25. The minimum absolute atomic E-state index is 0.0887. The molecule has 0 aliphatic heterocycles. The monoisotopic (exact) mass is 580 g/mol. The highest BCUT2D eigenvalue weighted by atomic mass is 16.6. The molecule has 1 atom stereocenters. The van der Waals surface area contributed by atoms with E-state index < -0.39 is 23.1 Å². The van der Waals surface area contributed by atoms with Crippen LogP contribution in [0.25, 0.3) is 0 Å². The minimum Gasteiger partial charge on any atom is -0.481 e. The summed E-state index contributed by atoms with van der Waals surface area (Å²) < 4.78 is 24.6. The molecule has 2 N–H and O–H groups in total. The van der Waals surface area contributed by atoms with Crippen LogP contribution in [-0.2, 0) is 34.1 Å². The molecule has 0 bridgehead atoms. The average Bonchev–Trinajstić information content (AvgIpc) is 2.91. The molecule has 236 valence electrons. The van der Waals surface area contributed by atoms with Gasteiger partial charge < -0.3 is 29.2 Å². The molecular formula is C33H56O8. The third-order valence-corrected chi connectivity index (χ3v) is 7.10. The molecule has 0 amide bonds. The maximum Gasteiger partial charge on any atom is 0.303 e. The van der Waals surface area contributed by atoms with Gasteiger partial charge in [-0.3, -0.25) is 9.59 Å². The van der Waals surface area contributed by atoms with Gasteiger partial charge in [-0.2, -0.15) is 0 Å². The van der Waals surface area contributed by atoms with Gasteiger partial charge in [0.2, 0.25) is 0 Å². The number of carbonyl (C=O) groups is 2. The fourth-order valence-electron chi connectivity index (χ4n) is 4.69. The maximum atomic E-state index is 10.6. The summed E-state index contributed by atoms with van der Waals surface area (Å²) in [5, 5.41) is 17.5. The molecule has 1 rings (SSSR count). The van der Waals surface area contributed by atoms with Gasteiger partial charge in [0.1, 0.15) is 0 Å². The van der Waals surface area contributed by atoms with Crippen molar-refractivity contribution < 1.29 is 38.7 Å². The predicted molar refractivity (Wildman–Crippen MR) is 161 cm³/mol. The van der Waals surface area contributed by atoms with Crippen LogP contribution in [0.5, 0.6) is 0 Å². The molecule has 0 fully saturated rings. The van der Waals surface area contributed by atoms with Crippen LogP contribution in [0.3, 0.4) is 0 Å². The molecule has 8 nitrogen and oxygen atoms in total. The molecule has 0 spiro atoms. The van der Waals surface area contributed by atoms with Crippen molar-refractivity contribution in [2.24, 2.45) is 0 Å². The Morgan fingerprint density at radius 1 is 0.683 bits per heavy atom. The third kappa shape index (κ3) is 20.5. The number of carboxylic acid groups (broad SMARTS) is 2. The lowest BCUT2D eigenvalue weighted by atomic mass is 9.98. The molecule has 0 aliphatic carbocycles. The molecule has 0 heterocycles. The number of benzene rings is 1. The number of unbranched alkanes of at least 4 members (excludes halogenated alkanes) is 8. The molecule has 0 radical (unpaired) electrons. The summed E-state index contributed by atoms with van der Waals surface area (Å²) in [6.07, 6.45) is 10.4. The second-order valence-electron chi connectivity index (χ2n) is 11.9. The number of aliphatic carboxylic acids is 2. The van der Waals surface area contributed by atoms with Crippen LogP contribution < -0.4 is 0 Å². The number of hydrogen-bond donors (Lipinski definition) is 2. The van der Waals surface area contributed by atoms with Gasteiger partial charge in [-0.25, -0.2) is 0 Å². The predicted octanol–water partition coefficient (Wildman–Crippen LogP) is 7.38. The minimum atomic E-state index is -0.731. The Kier molecular flexibility index (Phi) is 19.6. The van der Waals surface area contributed by atoms with Gasteiger partial charge in [-0.1, -0.05) is 68.9 Å². The van der Waals surface area contributed by atoms with Crippen molar-refractivity contribution in [3.05, 3.63) is 35.9 Å². The molecular weight excluding hydrogens is 524 g/mol. The van der Waals surface area contributed by atoms with E-state index in [0.29, 0.717) is 39.5 Å². The fourth-order valence-corrected chi connectivity index (χ4v) is 4.69. The topological polar surface area (TPSA) is 112 Å². The molecule has 1 aromatic carbocycles. The molecule has 1 unspecified atom stereocenters. The number of rotatable bonds is 27. The van der Waals surface area contributed by atoms with Crippen molar-refractivity contribution in [2.45, 2.75) is 128 Å². The van der Waals surface area contributed by atoms with E-state index in [1.54, 1.807) is 0 Å². The Labute approximate surface area is 248 Å². The Bertz CT molecular complexity index is 809. The lowest BCUT2D eigenvalue weighted by molar-refractivity contribution is -0.138. The quantitative estimate of drug-likeness (QED) is 0.104. The molecule has 8 heteroatoms. The van der Waals surface area contributed by atoms with Gasteiger partial charge in [-0.15, -0.1) is 0 Å². The van der Waals surface area contributed by atoms with Gasteiger partial charge in [0.15, 0.2) is 0 Å². The lowest BCUT2D eigenvalue weighted by Crippen LogP contribution is -2.35. The number of ether oxygens (including phenoxy) is 4. The third-order valence-electron chi connectivity index (χ3n) is 7.10. The van der Waals surface area contributed by atoms with E-state index in [-0.39, 0.29) is 18.9 Å². The van der Waals surface area contributed by atoms with E-state index in [9.17, 15) is 9.59 Å². The summed E-state index contributed by atoms with van der Waals surface area (Å²) in [6.45, 7) is 11.1. The van der Waals surface area contributed by atoms with Crippen molar-refractivity contribution in [1.82, 2.24) is 0 Å². The zero-order valence-electron chi connectivity index (χ0n) is 26.0. The second kappa shape index (κ2) is 21.7. The van der Waals surface area contributed by atoms with E-state index in [2.05, 4.69) is 39.8 Å². The van der Waals surface area contributed by atoms with Crippen molar-refractivity contribution in [3.63, 3.8) is 0 Å². The van der Waals surface area contributed by atoms with E-state index in [1.165, 1.54) is 0 Å². The van der Waals surface area contributed by atoms with Crippen molar-refractivity contribution >= 4 is 11.9 Å². The van der Waals surface area contributed by atoms with Crippen LogP contribution in [0, 0.1) is 0 Å². The van der Waals surface area contributed by atoms with Crippen LogP contribution in [0.15, 0.2) is 30.3 Å². The Morgan fingerprint density at radius 2 is 1.20 bits per heavy atom. The van der Waals surface area contributed by atoms with E-state index in [1.807, 2.05) is 18.2 Å². The Morgan fingerprint density at radius 3 is 1.78 bits per heavy atom. The van der Waals surface area contributed by atoms with Crippen LogP contribution in [0.2, 0.25) is 0 Å².